The van der Waals surface area contributed by atoms with Crippen LogP contribution in [0.3, 0.4) is 0 Å². The highest BCUT2D eigenvalue weighted by molar-refractivity contribution is 5.97. The maximum atomic E-state index is 7.63. The van der Waals surface area contributed by atoms with Crippen LogP contribution in [0.25, 0.3) is 33.4 Å². The number of nitrogens with one attached hydrogen (secondary N) is 3. The van der Waals surface area contributed by atoms with Crippen LogP contribution in [0, 0.1) is 16.2 Å². The number of hydrogen-bond donors (Lipinski definition) is 6. The first-order chi connectivity index (χ1) is 15.8. The molecule has 33 heavy (non-hydrogen) atoms. The molecule has 0 unspecified atom stereocenters. The fourth-order valence-electron chi connectivity index (χ4n) is 3.65. The molecule has 0 aliphatic rings. The van der Waals surface area contributed by atoms with Gasteiger partial charge in [0.05, 0.1) is 0 Å². The topological polar surface area (TPSA) is 150 Å². The predicted molar refractivity (Wildman–Crippen MR) is 136 cm³/mol. The molecular formula is C27H24N6. The second kappa shape index (κ2) is 8.80. The summed E-state index contributed by atoms with van der Waals surface area (Å²) in [7, 11) is 0. The van der Waals surface area contributed by atoms with Gasteiger partial charge < -0.3 is 17.2 Å². The molecule has 0 bridgehead atoms. The van der Waals surface area contributed by atoms with Gasteiger partial charge in [0.1, 0.15) is 17.5 Å². The lowest BCUT2D eigenvalue weighted by Gasteiger charge is -2.12. The van der Waals surface area contributed by atoms with Crippen molar-refractivity contribution in [1.29, 1.82) is 16.2 Å². The summed E-state index contributed by atoms with van der Waals surface area (Å²) in [4.78, 5) is 0. The maximum Gasteiger partial charge on any atom is 0.122 e. The molecule has 0 radical (unpaired) electrons. The third-order valence-electron chi connectivity index (χ3n) is 5.52. The molecule has 4 aromatic rings. The second-order valence-electron chi connectivity index (χ2n) is 7.77. The average Bonchev–Trinajstić information content (AvgIpc) is 2.84. The van der Waals surface area contributed by atoms with Gasteiger partial charge in [-0.2, -0.15) is 0 Å². The third-order valence-corrected chi connectivity index (χ3v) is 5.52. The molecule has 162 valence electrons. The Balaban J connectivity index is 1.84. The van der Waals surface area contributed by atoms with E-state index in [2.05, 4.69) is 18.2 Å². The summed E-state index contributed by atoms with van der Waals surface area (Å²) in [5.74, 6) is 0.103. The SMILES string of the molecule is N=C(N)c1ccc(-c2cc(-c3ccc(C(=N)N)cc3)cc(-c3ccc(C(=N)N)cc3)c2)cc1. The Bertz CT molecular complexity index is 1170. The van der Waals surface area contributed by atoms with Gasteiger partial charge in [0.2, 0.25) is 0 Å². The molecule has 0 aliphatic carbocycles. The van der Waals surface area contributed by atoms with Crippen LogP contribution in [0.4, 0.5) is 0 Å². The molecule has 0 aliphatic heterocycles. The van der Waals surface area contributed by atoms with Gasteiger partial charge in [-0.15, -0.1) is 0 Å². The van der Waals surface area contributed by atoms with Crippen molar-refractivity contribution < 1.29 is 0 Å². The molecule has 0 saturated carbocycles. The summed E-state index contributed by atoms with van der Waals surface area (Å²) < 4.78 is 0. The maximum absolute atomic E-state index is 7.63. The summed E-state index contributed by atoms with van der Waals surface area (Å²) in [5.41, 5.74) is 24.9. The van der Waals surface area contributed by atoms with Crippen molar-refractivity contribution in [3.8, 4) is 33.4 Å². The molecule has 0 aromatic heterocycles. The highest BCUT2D eigenvalue weighted by atomic mass is 14.7. The first-order valence-electron chi connectivity index (χ1n) is 10.3. The zero-order chi connectivity index (χ0) is 23.5. The van der Waals surface area contributed by atoms with E-state index < -0.39 is 0 Å². The Morgan fingerprint density at radius 1 is 0.364 bits per heavy atom. The Hall–Kier alpha value is -4.71. The van der Waals surface area contributed by atoms with E-state index in [-0.39, 0.29) is 17.5 Å². The lowest BCUT2D eigenvalue weighted by Crippen LogP contribution is -2.10. The molecule has 0 atom stereocenters. The van der Waals surface area contributed by atoms with Crippen LogP contribution in [0.5, 0.6) is 0 Å². The molecule has 6 nitrogen and oxygen atoms in total. The van der Waals surface area contributed by atoms with E-state index in [9.17, 15) is 0 Å². The predicted octanol–water partition coefficient (Wildman–Crippen LogP) is 4.54. The normalized spacial score (nSPS) is 10.5. The Kier molecular flexibility index (Phi) is 5.74. The minimum Gasteiger partial charge on any atom is -0.384 e. The molecule has 9 N–H and O–H groups in total. The molecule has 0 fully saturated rings. The van der Waals surface area contributed by atoms with E-state index in [0.29, 0.717) is 16.7 Å². The first kappa shape index (κ1) is 21.5. The van der Waals surface area contributed by atoms with Crippen molar-refractivity contribution in [3.63, 3.8) is 0 Å². The lowest BCUT2D eigenvalue weighted by molar-refractivity contribution is 1.42. The van der Waals surface area contributed by atoms with Crippen molar-refractivity contribution in [3.05, 3.63) is 108 Å². The Morgan fingerprint density at radius 3 is 0.758 bits per heavy atom. The van der Waals surface area contributed by atoms with Crippen LogP contribution in [-0.2, 0) is 0 Å². The van der Waals surface area contributed by atoms with Gasteiger partial charge in [0.15, 0.2) is 0 Å². The third kappa shape index (κ3) is 4.65. The first-order valence-corrected chi connectivity index (χ1v) is 10.3. The van der Waals surface area contributed by atoms with Gasteiger partial charge in [0, 0.05) is 16.7 Å². The highest BCUT2D eigenvalue weighted by Crippen LogP contribution is 2.33. The van der Waals surface area contributed by atoms with Gasteiger partial charge >= 0.3 is 0 Å². The van der Waals surface area contributed by atoms with Crippen molar-refractivity contribution in [2.75, 3.05) is 0 Å². The highest BCUT2D eigenvalue weighted by Gasteiger charge is 2.09. The summed E-state index contributed by atoms with van der Waals surface area (Å²) in [5, 5.41) is 22.9. The van der Waals surface area contributed by atoms with Crippen molar-refractivity contribution >= 4 is 17.5 Å². The van der Waals surface area contributed by atoms with E-state index in [0.717, 1.165) is 33.4 Å². The summed E-state index contributed by atoms with van der Waals surface area (Å²) in [6.07, 6.45) is 0. The number of benzene rings is 4. The Morgan fingerprint density at radius 2 is 0.576 bits per heavy atom. The van der Waals surface area contributed by atoms with Gasteiger partial charge in [-0.3, -0.25) is 16.2 Å². The van der Waals surface area contributed by atoms with Gasteiger partial charge in [-0.25, -0.2) is 0 Å². The summed E-state index contributed by atoms with van der Waals surface area (Å²) in [6.45, 7) is 0. The van der Waals surface area contributed by atoms with E-state index >= 15 is 0 Å². The number of nitrogen functional groups attached to an aromatic ring is 3. The molecular weight excluding hydrogens is 408 g/mol. The largest absolute Gasteiger partial charge is 0.384 e. The minimum atomic E-state index is 0.0344. The summed E-state index contributed by atoms with van der Waals surface area (Å²) in [6, 6.07) is 29.1. The standard InChI is InChI=1S/C27H24N6/c28-25(29)19-7-1-16(2-8-19)22-13-23(17-3-9-20(10-4-17)26(30)31)15-24(14-22)18-5-11-21(12-6-18)27(32)33/h1-15H,(H3,28,29)(H3,30,31)(H3,32,33). The van der Waals surface area contributed by atoms with Crippen LogP contribution in [0.15, 0.2) is 91.0 Å². The second-order valence-corrected chi connectivity index (χ2v) is 7.77. The van der Waals surface area contributed by atoms with Crippen LogP contribution in [-0.4, -0.2) is 17.5 Å². The fraction of sp³-hybridized carbons (Fsp3) is 0. The van der Waals surface area contributed by atoms with Crippen LogP contribution in [0.1, 0.15) is 16.7 Å². The minimum absolute atomic E-state index is 0.0344. The number of amidine groups is 3. The summed E-state index contributed by atoms with van der Waals surface area (Å²) >= 11 is 0. The molecule has 4 aromatic carbocycles. The van der Waals surface area contributed by atoms with Crippen LogP contribution < -0.4 is 17.2 Å². The number of rotatable bonds is 6. The van der Waals surface area contributed by atoms with Gasteiger partial charge in [-0.1, -0.05) is 72.8 Å². The van der Waals surface area contributed by atoms with E-state index in [1.54, 1.807) is 0 Å². The molecule has 0 heterocycles. The van der Waals surface area contributed by atoms with Crippen LogP contribution >= 0.6 is 0 Å². The molecule has 6 heteroatoms. The van der Waals surface area contributed by atoms with Crippen molar-refractivity contribution in [1.82, 2.24) is 0 Å². The van der Waals surface area contributed by atoms with Crippen molar-refractivity contribution in [2.45, 2.75) is 0 Å². The molecule has 0 saturated heterocycles. The van der Waals surface area contributed by atoms with E-state index in [1.165, 1.54) is 0 Å². The van der Waals surface area contributed by atoms with Crippen LogP contribution in [0.2, 0.25) is 0 Å². The zero-order valence-corrected chi connectivity index (χ0v) is 17.9. The Labute approximate surface area is 192 Å². The molecule has 0 spiro atoms. The zero-order valence-electron chi connectivity index (χ0n) is 17.9. The molecule has 0 amide bonds. The number of hydrogen-bond acceptors (Lipinski definition) is 3. The average molecular weight is 433 g/mol. The van der Waals surface area contributed by atoms with E-state index in [1.807, 2.05) is 72.8 Å². The fourth-order valence-corrected chi connectivity index (χ4v) is 3.65. The molecule has 4 rings (SSSR count). The number of nitrogens with two attached hydrogens (primary N) is 3. The van der Waals surface area contributed by atoms with E-state index in [4.69, 9.17) is 33.4 Å². The lowest BCUT2D eigenvalue weighted by atomic mass is 9.92. The van der Waals surface area contributed by atoms with Gasteiger partial charge in [-0.05, 0) is 51.6 Å². The quantitative estimate of drug-likeness (QED) is 0.196. The van der Waals surface area contributed by atoms with Crippen molar-refractivity contribution in [2.24, 2.45) is 17.2 Å². The monoisotopic (exact) mass is 432 g/mol. The smallest absolute Gasteiger partial charge is 0.122 e. The van der Waals surface area contributed by atoms with Gasteiger partial charge in [0.25, 0.3) is 0 Å².